The van der Waals surface area contributed by atoms with Gasteiger partial charge in [0.05, 0.1) is 0 Å². The Bertz CT molecular complexity index is 371. The number of piperidine rings is 1. The number of hydrogen-bond donors (Lipinski definition) is 2. The molecule has 1 aromatic rings. The lowest BCUT2D eigenvalue weighted by Crippen LogP contribution is -2.41. The molecule has 94 valence electrons. The molecule has 0 aliphatic carbocycles. The SMILES string of the molecule is CNc1cc(N2CCC(NC)CC2)nc(C)n1. The van der Waals surface area contributed by atoms with Crippen LogP contribution in [0.1, 0.15) is 18.7 Å². The van der Waals surface area contributed by atoms with Gasteiger partial charge < -0.3 is 15.5 Å². The van der Waals surface area contributed by atoms with Crippen LogP contribution >= 0.6 is 0 Å². The summed E-state index contributed by atoms with van der Waals surface area (Å²) < 4.78 is 0. The molecule has 1 aromatic heterocycles. The quantitative estimate of drug-likeness (QED) is 0.819. The minimum absolute atomic E-state index is 0.651. The molecule has 0 bridgehead atoms. The van der Waals surface area contributed by atoms with Crippen LogP contribution in [0.15, 0.2) is 6.07 Å². The van der Waals surface area contributed by atoms with Gasteiger partial charge in [0, 0.05) is 32.2 Å². The summed E-state index contributed by atoms with van der Waals surface area (Å²) in [6, 6.07) is 2.67. The van der Waals surface area contributed by atoms with Crippen LogP contribution in [-0.2, 0) is 0 Å². The van der Waals surface area contributed by atoms with Crippen molar-refractivity contribution in [2.45, 2.75) is 25.8 Å². The van der Waals surface area contributed by atoms with Crippen molar-refractivity contribution in [3.05, 3.63) is 11.9 Å². The first-order valence-electron chi connectivity index (χ1n) is 6.18. The molecule has 0 amide bonds. The first-order chi connectivity index (χ1) is 8.22. The maximum Gasteiger partial charge on any atom is 0.134 e. The molecular weight excluding hydrogens is 214 g/mol. The van der Waals surface area contributed by atoms with Gasteiger partial charge in [0.25, 0.3) is 0 Å². The zero-order chi connectivity index (χ0) is 12.3. The molecular formula is C12H21N5. The predicted molar refractivity (Wildman–Crippen MR) is 70.6 cm³/mol. The molecule has 1 aliphatic heterocycles. The van der Waals surface area contributed by atoms with E-state index in [1.807, 2.05) is 27.1 Å². The minimum atomic E-state index is 0.651. The number of rotatable bonds is 3. The number of nitrogens with one attached hydrogen (secondary N) is 2. The molecule has 5 heteroatoms. The van der Waals surface area contributed by atoms with Crippen molar-refractivity contribution in [1.29, 1.82) is 0 Å². The fourth-order valence-corrected chi connectivity index (χ4v) is 2.24. The highest BCUT2D eigenvalue weighted by atomic mass is 15.2. The van der Waals surface area contributed by atoms with E-state index in [0.29, 0.717) is 6.04 Å². The number of aryl methyl sites for hydroxylation is 1. The molecule has 2 heterocycles. The van der Waals surface area contributed by atoms with E-state index < -0.39 is 0 Å². The average Bonchev–Trinajstić information content (AvgIpc) is 2.38. The lowest BCUT2D eigenvalue weighted by Gasteiger charge is -2.32. The van der Waals surface area contributed by atoms with E-state index in [0.717, 1.165) is 30.5 Å². The van der Waals surface area contributed by atoms with Crippen LogP contribution in [-0.4, -0.2) is 43.2 Å². The monoisotopic (exact) mass is 235 g/mol. The molecule has 0 radical (unpaired) electrons. The van der Waals surface area contributed by atoms with E-state index in [4.69, 9.17) is 0 Å². The first-order valence-corrected chi connectivity index (χ1v) is 6.18. The maximum atomic E-state index is 4.51. The van der Waals surface area contributed by atoms with Crippen molar-refractivity contribution in [1.82, 2.24) is 15.3 Å². The second-order valence-corrected chi connectivity index (χ2v) is 4.46. The smallest absolute Gasteiger partial charge is 0.134 e. The van der Waals surface area contributed by atoms with Gasteiger partial charge in [0.2, 0.25) is 0 Å². The second-order valence-electron chi connectivity index (χ2n) is 4.46. The highest BCUT2D eigenvalue weighted by Crippen LogP contribution is 2.20. The van der Waals surface area contributed by atoms with Crippen molar-refractivity contribution in [3.63, 3.8) is 0 Å². The van der Waals surface area contributed by atoms with Crippen molar-refractivity contribution in [2.75, 3.05) is 37.4 Å². The Morgan fingerprint density at radius 3 is 2.53 bits per heavy atom. The van der Waals surface area contributed by atoms with Crippen LogP contribution in [0.25, 0.3) is 0 Å². The normalized spacial score (nSPS) is 17.2. The third kappa shape index (κ3) is 2.85. The summed E-state index contributed by atoms with van der Waals surface area (Å²) in [6.07, 6.45) is 2.35. The van der Waals surface area contributed by atoms with E-state index in [9.17, 15) is 0 Å². The van der Waals surface area contributed by atoms with Gasteiger partial charge in [-0.2, -0.15) is 0 Å². The summed E-state index contributed by atoms with van der Waals surface area (Å²) >= 11 is 0. The Labute approximate surface area is 103 Å². The fourth-order valence-electron chi connectivity index (χ4n) is 2.24. The van der Waals surface area contributed by atoms with Gasteiger partial charge in [0.1, 0.15) is 17.5 Å². The molecule has 0 unspecified atom stereocenters. The molecule has 1 aliphatic rings. The molecule has 0 atom stereocenters. The van der Waals surface area contributed by atoms with Crippen LogP contribution in [0, 0.1) is 6.92 Å². The van der Waals surface area contributed by atoms with Crippen LogP contribution in [0.2, 0.25) is 0 Å². The summed E-state index contributed by atoms with van der Waals surface area (Å²) in [5.41, 5.74) is 0. The minimum Gasteiger partial charge on any atom is -0.373 e. The Kier molecular flexibility index (Phi) is 3.78. The van der Waals surface area contributed by atoms with Gasteiger partial charge in [-0.15, -0.1) is 0 Å². The Balaban J connectivity index is 2.10. The topological polar surface area (TPSA) is 53.1 Å². The fraction of sp³-hybridized carbons (Fsp3) is 0.667. The number of hydrogen-bond acceptors (Lipinski definition) is 5. The van der Waals surface area contributed by atoms with Crippen LogP contribution in [0.4, 0.5) is 11.6 Å². The summed E-state index contributed by atoms with van der Waals surface area (Å²) in [5, 5.41) is 6.42. The maximum absolute atomic E-state index is 4.51. The summed E-state index contributed by atoms with van der Waals surface area (Å²) in [5.74, 6) is 2.75. The summed E-state index contributed by atoms with van der Waals surface area (Å²) in [4.78, 5) is 11.2. The van der Waals surface area contributed by atoms with Gasteiger partial charge in [-0.3, -0.25) is 0 Å². The third-order valence-corrected chi connectivity index (χ3v) is 3.31. The van der Waals surface area contributed by atoms with Crippen molar-refractivity contribution >= 4 is 11.6 Å². The molecule has 0 aromatic carbocycles. The number of anilines is 2. The first kappa shape index (κ1) is 12.1. The van der Waals surface area contributed by atoms with E-state index in [-0.39, 0.29) is 0 Å². The van der Waals surface area contributed by atoms with Gasteiger partial charge >= 0.3 is 0 Å². The molecule has 5 nitrogen and oxygen atoms in total. The Morgan fingerprint density at radius 1 is 1.24 bits per heavy atom. The van der Waals surface area contributed by atoms with Crippen LogP contribution in [0.3, 0.4) is 0 Å². The largest absolute Gasteiger partial charge is 0.373 e. The van der Waals surface area contributed by atoms with Crippen molar-refractivity contribution in [3.8, 4) is 0 Å². The van der Waals surface area contributed by atoms with Crippen LogP contribution in [0.5, 0.6) is 0 Å². The summed E-state index contributed by atoms with van der Waals surface area (Å²) in [6.45, 7) is 4.06. The zero-order valence-electron chi connectivity index (χ0n) is 10.8. The van der Waals surface area contributed by atoms with E-state index in [1.54, 1.807) is 0 Å². The highest BCUT2D eigenvalue weighted by Gasteiger charge is 2.19. The van der Waals surface area contributed by atoms with Gasteiger partial charge in [-0.1, -0.05) is 0 Å². The molecule has 1 fully saturated rings. The Hall–Kier alpha value is -1.36. The standard InChI is InChI=1S/C12H21N5/c1-9-15-11(14-3)8-12(16-9)17-6-4-10(13-2)5-7-17/h8,10,13H,4-7H2,1-3H3,(H,14,15,16). The van der Waals surface area contributed by atoms with Crippen molar-refractivity contribution < 1.29 is 0 Å². The molecule has 2 N–H and O–H groups in total. The van der Waals surface area contributed by atoms with Gasteiger partial charge in [-0.05, 0) is 26.8 Å². The lowest BCUT2D eigenvalue weighted by atomic mass is 10.1. The average molecular weight is 235 g/mol. The number of nitrogens with zero attached hydrogens (tertiary/aromatic N) is 3. The predicted octanol–water partition coefficient (Wildman–Crippen LogP) is 1.01. The zero-order valence-corrected chi connectivity index (χ0v) is 10.8. The summed E-state index contributed by atoms with van der Waals surface area (Å²) in [7, 11) is 3.92. The molecule has 2 rings (SSSR count). The van der Waals surface area contributed by atoms with Gasteiger partial charge in [-0.25, -0.2) is 9.97 Å². The third-order valence-electron chi connectivity index (χ3n) is 3.31. The molecule has 0 spiro atoms. The highest BCUT2D eigenvalue weighted by molar-refractivity contribution is 5.49. The number of aromatic nitrogens is 2. The molecule has 1 saturated heterocycles. The van der Waals surface area contributed by atoms with E-state index in [2.05, 4.69) is 25.5 Å². The van der Waals surface area contributed by atoms with E-state index >= 15 is 0 Å². The lowest BCUT2D eigenvalue weighted by molar-refractivity contribution is 0.440. The van der Waals surface area contributed by atoms with Crippen molar-refractivity contribution in [2.24, 2.45) is 0 Å². The Morgan fingerprint density at radius 2 is 1.94 bits per heavy atom. The molecule has 17 heavy (non-hydrogen) atoms. The second kappa shape index (κ2) is 5.31. The van der Waals surface area contributed by atoms with E-state index in [1.165, 1.54) is 12.8 Å². The van der Waals surface area contributed by atoms with Gasteiger partial charge in [0.15, 0.2) is 0 Å². The van der Waals surface area contributed by atoms with Crippen LogP contribution < -0.4 is 15.5 Å². The molecule has 0 saturated carbocycles.